The molecule has 7 nitrogen and oxygen atoms in total. The number of aromatic nitrogens is 2. The van der Waals surface area contributed by atoms with Crippen LogP contribution >= 0.6 is 11.3 Å². The standard InChI is InChI=1S/C19H19N3O4S/c1-3-26-19(25)16-12(2)15-17(27-16)21-11-22(18(15)24)10-14(23)20-9-13-7-5-4-6-8-13/h4-8,11H,3,9-10H2,1-2H3,(H,20,23). The summed E-state index contributed by atoms with van der Waals surface area (Å²) in [6, 6.07) is 9.51. The van der Waals surface area contributed by atoms with Crippen LogP contribution in [0.15, 0.2) is 41.5 Å². The van der Waals surface area contributed by atoms with Crippen LogP contribution in [0.5, 0.6) is 0 Å². The number of carbonyl (C=O) groups excluding carboxylic acids is 2. The van der Waals surface area contributed by atoms with Crippen LogP contribution < -0.4 is 10.9 Å². The largest absolute Gasteiger partial charge is 0.462 e. The number of hydrogen-bond donors (Lipinski definition) is 1. The van der Waals surface area contributed by atoms with Crippen LogP contribution in [0.25, 0.3) is 10.2 Å². The van der Waals surface area contributed by atoms with E-state index in [1.807, 2.05) is 30.3 Å². The van der Waals surface area contributed by atoms with Crippen molar-refractivity contribution in [3.63, 3.8) is 0 Å². The maximum Gasteiger partial charge on any atom is 0.348 e. The molecule has 0 unspecified atom stereocenters. The number of fused-ring (bicyclic) bond motifs is 1. The van der Waals surface area contributed by atoms with Crippen molar-refractivity contribution in [2.75, 3.05) is 6.61 Å². The molecule has 0 bridgehead atoms. The zero-order chi connectivity index (χ0) is 19.4. The van der Waals surface area contributed by atoms with E-state index in [2.05, 4.69) is 10.3 Å². The molecule has 0 saturated carbocycles. The summed E-state index contributed by atoms with van der Waals surface area (Å²) in [6.45, 7) is 3.91. The normalized spacial score (nSPS) is 10.7. The molecule has 1 N–H and O–H groups in total. The minimum atomic E-state index is -0.468. The van der Waals surface area contributed by atoms with Crippen molar-refractivity contribution in [2.45, 2.75) is 26.9 Å². The van der Waals surface area contributed by atoms with E-state index in [9.17, 15) is 14.4 Å². The molecule has 3 rings (SSSR count). The molecule has 3 aromatic rings. The maximum absolute atomic E-state index is 12.8. The van der Waals surface area contributed by atoms with Crippen LogP contribution in [0.3, 0.4) is 0 Å². The van der Waals surface area contributed by atoms with E-state index in [0.29, 0.717) is 27.2 Å². The monoisotopic (exact) mass is 385 g/mol. The summed E-state index contributed by atoms with van der Waals surface area (Å²) in [5, 5.41) is 3.13. The minimum absolute atomic E-state index is 0.140. The number of thiophene rings is 1. The van der Waals surface area contributed by atoms with E-state index in [4.69, 9.17) is 4.74 Å². The number of carbonyl (C=O) groups is 2. The average Bonchev–Trinajstić information content (AvgIpc) is 3.01. The Morgan fingerprint density at radius 2 is 2.00 bits per heavy atom. The van der Waals surface area contributed by atoms with Gasteiger partial charge in [0.05, 0.1) is 18.3 Å². The number of rotatable bonds is 6. The van der Waals surface area contributed by atoms with Gasteiger partial charge in [-0.25, -0.2) is 9.78 Å². The highest BCUT2D eigenvalue weighted by Crippen LogP contribution is 2.27. The molecular formula is C19H19N3O4S. The maximum atomic E-state index is 12.8. The molecule has 0 aliphatic rings. The molecule has 0 aliphatic heterocycles. The number of nitrogens with zero attached hydrogens (tertiary/aromatic N) is 2. The van der Waals surface area contributed by atoms with Crippen molar-refractivity contribution >= 4 is 33.4 Å². The van der Waals surface area contributed by atoms with E-state index >= 15 is 0 Å². The summed E-state index contributed by atoms with van der Waals surface area (Å²) in [4.78, 5) is 42.0. The van der Waals surface area contributed by atoms with E-state index in [0.717, 1.165) is 16.9 Å². The predicted octanol–water partition coefficient (Wildman–Crippen LogP) is 2.26. The summed E-state index contributed by atoms with van der Waals surface area (Å²) in [7, 11) is 0. The third kappa shape index (κ3) is 4.06. The van der Waals surface area contributed by atoms with Gasteiger partial charge in [0.15, 0.2) is 0 Å². The van der Waals surface area contributed by atoms with Crippen molar-refractivity contribution in [3.8, 4) is 0 Å². The number of hydrogen-bond acceptors (Lipinski definition) is 6. The number of aryl methyl sites for hydroxylation is 1. The highest BCUT2D eigenvalue weighted by molar-refractivity contribution is 7.20. The highest BCUT2D eigenvalue weighted by Gasteiger charge is 2.20. The van der Waals surface area contributed by atoms with Gasteiger partial charge in [-0.3, -0.25) is 14.2 Å². The summed E-state index contributed by atoms with van der Waals surface area (Å²) in [5.41, 5.74) is 1.16. The van der Waals surface area contributed by atoms with Crippen molar-refractivity contribution in [2.24, 2.45) is 0 Å². The Kier molecular flexibility index (Phi) is 5.66. The van der Waals surface area contributed by atoms with Crippen molar-refractivity contribution < 1.29 is 14.3 Å². The topological polar surface area (TPSA) is 90.3 Å². The lowest BCUT2D eigenvalue weighted by Gasteiger charge is -2.07. The molecule has 0 radical (unpaired) electrons. The van der Waals surface area contributed by atoms with E-state index < -0.39 is 5.97 Å². The molecule has 140 valence electrons. The highest BCUT2D eigenvalue weighted by atomic mass is 32.1. The van der Waals surface area contributed by atoms with Gasteiger partial charge in [-0.2, -0.15) is 0 Å². The Balaban J connectivity index is 1.80. The molecule has 8 heteroatoms. The summed E-state index contributed by atoms with van der Waals surface area (Å²) >= 11 is 1.12. The van der Waals surface area contributed by atoms with Gasteiger partial charge in [0, 0.05) is 6.54 Å². The number of nitrogens with one attached hydrogen (secondary N) is 1. The van der Waals surface area contributed by atoms with Gasteiger partial charge >= 0.3 is 5.97 Å². The Labute approximate surface area is 159 Å². The first-order chi connectivity index (χ1) is 13.0. The fourth-order valence-corrected chi connectivity index (χ4v) is 3.70. The smallest absolute Gasteiger partial charge is 0.348 e. The van der Waals surface area contributed by atoms with Gasteiger partial charge in [-0.05, 0) is 25.0 Å². The van der Waals surface area contributed by atoms with Gasteiger partial charge in [0.2, 0.25) is 5.91 Å². The third-order valence-corrected chi connectivity index (χ3v) is 5.20. The third-order valence-electron chi connectivity index (χ3n) is 4.02. The van der Waals surface area contributed by atoms with Crippen molar-refractivity contribution in [1.29, 1.82) is 0 Å². The summed E-state index contributed by atoms with van der Waals surface area (Å²) in [6.07, 6.45) is 1.33. The molecular weight excluding hydrogens is 366 g/mol. The first-order valence-corrected chi connectivity index (χ1v) is 9.29. The number of esters is 1. The number of benzene rings is 1. The lowest BCUT2D eigenvalue weighted by Crippen LogP contribution is -2.32. The number of ether oxygens (including phenoxy) is 1. The fourth-order valence-electron chi connectivity index (χ4n) is 2.67. The molecule has 1 amide bonds. The average molecular weight is 385 g/mol. The molecule has 27 heavy (non-hydrogen) atoms. The van der Waals surface area contributed by atoms with Gasteiger partial charge < -0.3 is 10.1 Å². The second-order valence-corrected chi connectivity index (χ2v) is 6.90. The lowest BCUT2D eigenvalue weighted by atomic mass is 10.2. The second-order valence-electron chi connectivity index (χ2n) is 5.90. The predicted molar refractivity (Wildman–Crippen MR) is 103 cm³/mol. The van der Waals surface area contributed by atoms with Crippen molar-refractivity contribution in [3.05, 3.63) is 63.0 Å². The van der Waals surface area contributed by atoms with Gasteiger partial charge in [0.25, 0.3) is 5.56 Å². The minimum Gasteiger partial charge on any atom is -0.462 e. The molecule has 0 atom stereocenters. The SMILES string of the molecule is CCOC(=O)c1sc2ncn(CC(=O)NCc3ccccc3)c(=O)c2c1C. The van der Waals surface area contributed by atoms with Gasteiger partial charge in [0.1, 0.15) is 16.3 Å². The summed E-state index contributed by atoms with van der Waals surface area (Å²) in [5.74, 6) is -0.759. The molecule has 0 fully saturated rings. The fraction of sp³-hybridized carbons (Fsp3) is 0.263. The molecule has 1 aromatic carbocycles. The molecule has 2 heterocycles. The Hall–Kier alpha value is -3.00. The van der Waals surface area contributed by atoms with E-state index in [1.54, 1.807) is 13.8 Å². The van der Waals surface area contributed by atoms with Crippen LogP contribution in [-0.4, -0.2) is 28.0 Å². The molecule has 0 saturated heterocycles. The van der Waals surface area contributed by atoms with E-state index in [-0.39, 0.29) is 24.6 Å². The van der Waals surface area contributed by atoms with Crippen LogP contribution in [0.2, 0.25) is 0 Å². The van der Waals surface area contributed by atoms with Crippen LogP contribution in [0.1, 0.15) is 27.7 Å². The second kappa shape index (κ2) is 8.13. The van der Waals surface area contributed by atoms with E-state index in [1.165, 1.54) is 10.9 Å². The van der Waals surface area contributed by atoms with Gasteiger partial charge in [-0.1, -0.05) is 30.3 Å². The van der Waals surface area contributed by atoms with Crippen molar-refractivity contribution in [1.82, 2.24) is 14.9 Å². The lowest BCUT2D eigenvalue weighted by molar-refractivity contribution is -0.121. The van der Waals surface area contributed by atoms with Gasteiger partial charge in [-0.15, -0.1) is 11.3 Å². The Morgan fingerprint density at radius 1 is 1.26 bits per heavy atom. The van der Waals surface area contributed by atoms with Crippen LogP contribution in [0, 0.1) is 6.92 Å². The molecule has 2 aromatic heterocycles. The first kappa shape index (κ1) is 18.8. The first-order valence-electron chi connectivity index (χ1n) is 8.47. The zero-order valence-corrected chi connectivity index (χ0v) is 15.8. The van der Waals surface area contributed by atoms with Crippen LogP contribution in [-0.2, 0) is 22.6 Å². The van der Waals surface area contributed by atoms with Crippen LogP contribution in [0.4, 0.5) is 0 Å². The summed E-state index contributed by atoms with van der Waals surface area (Å²) < 4.78 is 6.27. The zero-order valence-electron chi connectivity index (χ0n) is 15.0. The number of amides is 1. The molecule has 0 aliphatic carbocycles. The Morgan fingerprint density at radius 3 is 2.70 bits per heavy atom. The quantitative estimate of drug-likeness (QED) is 0.658. The Bertz CT molecular complexity index is 1040. The molecule has 0 spiro atoms.